The second-order valence-electron chi connectivity index (χ2n) is 2.55. The van der Waals surface area contributed by atoms with Crippen LogP contribution in [0.3, 0.4) is 0 Å². The lowest BCUT2D eigenvalue weighted by Crippen LogP contribution is -2.08. The number of aromatic nitrogens is 1. The number of rotatable bonds is 3. The minimum Gasteiger partial charge on any atom is -0.324 e. The Bertz CT molecular complexity index is 256. The summed E-state index contributed by atoms with van der Waals surface area (Å²) in [7, 11) is 0. The first-order valence-corrected chi connectivity index (χ1v) is 4.09. The highest BCUT2D eigenvalue weighted by molar-refractivity contribution is 6.29. The number of hydrogen-bond acceptors (Lipinski definition) is 2. The zero-order valence-corrected chi connectivity index (χ0v) is 7.46. The van der Waals surface area contributed by atoms with E-state index in [1.165, 1.54) is 0 Å². The van der Waals surface area contributed by atoms with Crippen molar-refractivity contribution < 1.29 is 0 Å². The van der Waals surface area contributed by atoms with Gasteiger partial charge in [-0.15, -0.1) is 6.58 Å². The van der Waals surface area contributed by atoms with Crippen LogP contribution in [0.25, 0.3) is 0 Å². The van der Waals surface area contributed by atoms with Crippen LogP contribution in [0.15, 0.2) is 31.0 Å². The molecule has 0 aliphatic heterocycles. The van der Waals surface area contributed by atoms with Crippen LogP contribution in [0.5, 0.6) is 0 Å². The van der Waals surface area contributed by atoms with E-state index in [1.54, 1.807) is 18.3 Å². The summed E-state index contributed by atoms with van der Waals surface area (Å²) in [5.41, 5.74) is 6.79. The van der Waals surface area contributed by atoms with E-state index < -0.39 is 0 Å². The van der Waals surface area contributed by atoms with Crippen LogP contribution in [0, 0.1) is 0 Å². The van der Waals surface area contributed by atoms with Gasteiger partial charge in [0.05, 0.1) is 0 Å². The van der Waals surface area contributed by atoms with Gasteiger partial charge in [-0.2, -0.15) is 0 Å². The molecule has 0 aliphatic rings. The van der Waals surface area contributed by atoms with E-state index in [-0.39, 0.29) is 6.04 Å². The summed E-state index contributed by atoms with van der Waals surface area (Å²) in [5.74, 6) is 0. The molecule has 0 aliphatic carbocycles. The first-order chi connectivity index (χ1) is 5.74. The Morgan fingerprint density at radius 2 is 2.42 bits per heavy atom. The van der Waals surface area contributed by atoms with E-state index >= 15 is 0 Å². The SMILES string of the molecule is C=CC[C@H](N)c1ccc(Cl)nc1. The maximum Gasteiger partial charge on any atom is 0.129 e. The molecule has 3 heteroatoms. The smallest absolute Gasteiger partial charge is 0.129 e. The topological polar surface area (TPSA) is 38.9 Å². The van der Waals surface area contributed by atoms with Crippen LogP contribution < -0.4 is 5.73 Å². The zero-order chi connectivity index (χ0) is 8.97. The van der Waals surface area contributed by atoms with Gasteiger partial charge in [-0.25, -0.2) is 4.98 Å². The average Bonchev–Trinajstić information content (AvgIpc) is 2.06. The second-order valence-corrected chi connectivity index (χ2v) is 2.93. The van der Waals surface area contributed by atoms with E-state index in [0.29, 0.717) is 5.15 Å². The van der Waals surface area contributed by atoms with Gasteiger partial charge in [-0.1, -0.05) is 23.7 Å². The van der Waals surface area contributed by atoms with E-state index in [9.17, 15) is 0 Å². The Hall–Kier alpha value is -0.860. The fourth-order valence-corrected chi connectivity index (χ4v) is 1.03. The summed E-state index contributed by atoms with van der Waals surface area (Å²) in [5, 5.41) is 0.490. The minimum absolute atomic E-state index is 0.0210. The lowest BCUT2D eigenvalue weighted by atomic mass is 10.1. The number of hydrogen-bond donors (Lipinski definition) is 1. The Kier molecular flexibility index (Phi) is 3.26. The number of pyridine rings is 1. The van der Waals surface area contributed by atoms with Gasteiger partial charge in [0, 0.05) is 12.2 Å². The Morgan fingerprint density at radius 3 is 2.92 bits per heavy atom. The van der Waals surface area contributed by atoms with Gasteiger partial charge in [-0.05, 0) is 18.1 Å². The summed E-state index contributed by atoms with van der Waals surface area (Å²) in [6.45, 7) is 3.62. The molecule has 0 saturated carbocycles. The third kappa shape index (κ3) is 2.32. The molecule has 12 heavy (non-hydrogen) atoms. The molecule has 64 valence electrons. The number of halogens is 1. The lowest BCUT2D eigenvalue weighted by Gasteiger charge is -2.07. The molecule has 1 rings (SSSR count). The van der Waals surface area contributed by atoms with Crippen LogP contribution in [0.1, 0.15) is 18.0 Å². The van der Waals surface area contributed by atoms with Gasteiger partial charge in [0.25, 0.3) is 0 Å². The summed E-state index contributed by atoms with van der Waals surface area (Å²) in [6.07, 6.45) is 4.24. The molecule has 0 spiro atoms. The highest BCUT2D eigenvalue weighted by Crippen LogP contribution is 2.14. The van der Waals surface area contributed by atoms with E-state index in [2.05, 4.69) is 11.6 Å². The standard InChI is InChI=1S/C9H11ClN2/c1-2-3-8(11)7-4-5-9(10)12-6-7/h2,4-6,8H,1,3,11H2/t8-/m0/s1. The molecule has 0 radical (unpaired) electrons. The minimum atomic E-state index is -0.0210. The van der Waals surface area contributed by atoms with Gasteiger partial charge < -0.3 is 5.73 Å². The molecule has 1 aromatic rings. The first kappa shape index (κ1) is 9.23. The van der Waals surface area contributed by atoms with Crippen LogP contribution in [0.2, 0.25) is 5.15 Å². The van der Waals surface area contributed by atoms with Gasteiger partial charge >= 0.3 is 0 Å². The summed E-state index contributed by atoms with van der Waals surface area (Å²) in [6, 6.07) is 3.59. The Balaban J connectivity index is 2.74. The highest BCUT2D eigenvalue weighted by atomic mass is 35.5. The van der Waals surface area contributed by atoms with Gasteiger partial charge in [0.2, 0.25) is 0 Å². The molecule has 0 unspecified atom stereocenters. The largest absolute Gasteiger partial charge is 0.324 e. The van der Waals surface area contributed by atoms with Gasteiger partial charge in [-0.3, -0.25) is 0 Å². The predicted molar refractivity (Wildman–Crippen MR) is 51.0 cm³/mol. The highest BCUT2D eigenvalue weighted by Gasteiger charge is 2.02. The van der Waals surface area contributed by atoms with Crippen molar-refractivity contribution >= 4 is 11.6 Å². The van der Waals surface area contributed by atoms with Crippen molar-refractivity contribution in [1.82, 2.24) is 4.98 Å². The molecular weight excluding hydrogens is 172 g/mol. The number of nitrogens with zero attached hydrogens (tertiary/aromatic N) is 1. The molecule has 0 fully saturated rings. The van der Waals surface area contributed by atoms with E-state index in [1.807, 2.05) is 6.07 Å². The normalized spacial score (nSPS) is 12.5. The van der Waals surface area contributed by atoms with Crippen molar-refractivity contribution in [3.05, 3.63) is 41.7 Å². The molecule has 1 atom stereocenters. The maximum atomic E-state index is 5.80. The van der Waals surface area contributed by atoms with Gasteiger partial charge in [0.15, 0.2) is 0 Å². The van der Waals surface area contributed by atoms with E-state index in [0.717, 1.165) is 12.0 Å². The molecule has 0 saturated heterocycles. The fourth-order valence-electron chi connectivity index (χ4n) is 0.922. The first-order valence-electron chi connectivity index (χ1n) is 3.72. The average molecular weight is 183 g/mol. The monoisotopic (exact) mass is 182 g/mol. The van der Waals surface area contributed by atoms with Crippen LogP contribution in [-0.4, -0.2) is 4.98 Å². The Morgan fingerprint density at radius 1 is 1.67 bits per heavy atom. The van der Waals surface area contributed by atoms with Crippen molar-refractivity contribution in [3.8, 4) is 0 Å². The maximum absolute atomic E-state index is 5.80. The van der Waals surface area contributed by atoms with Crippen LogP contribution in [0.4, 0.5) is 0 Å². The molecule has 0 aromatic carbocycles. The summed E-state index contributed by atoms with van der Waals surface area (Å²) in [4.78, 5) is 3.93. The zero-order valence-electron chi connectivity index (χ0n) is 6.70. The third-order valence-corrected chi connectivity index (χ3v) is 1.82. The molecule has 1 aromatic heterocycles. The summed E-state index contributed by atoms with van der Waals surface area (Å²) >= 11 is 5.62. The van der Waals surface area contributed by atoms with E-state index in [4.69, 9.17) is 17.3 Å². The molecular formula is C9H11ClN2. The summed E-state index contributed by atoms with van der Waals surface area (Å²) < 4.78 is 0. The van der Waals surface area contributed by atoms with Crippen LogP contribution in [-0.2, 0) is 0 Å². The third-order valence-electron chi connectivity index (χ3n) is 1.60. The fraction of sp³-hybridized carbons (Fsp3) is 0.222. The molecule has 0 bridgehead atoms. The lowest BCUT2D eigenvalue weighted by molar-refractivity contribution is 0.737. The molecule has 1 heterocycles. The molecule has 0 amide bonds. The van der Waals surface area contributed by atoms with Crippen molar-refractivity contribution in [2.75, 3.05) is 0 Å². The molecule has 2 nitrogen and oxygen atoms in total. The molecule has 2 N–H and O–H groups in total. The Labute approximate surface area is 77.1 Å². The van der Waals surface area contributed by atoms with Crippen molar-refractivity contribution in [2.24, 2.45) is 5.73 Å². The van der Waals surface area contributed by atoms with Crippen LogP contribution >= 0.6 is 11.6 Å². The quantitative estimate of drug-likeness (QED) is 0.576. The van der Waals surface area contributed by atoms with Gasteiger partial charge in [0.1, 0.15) is 5.15 Å². The second kappa shape index (κ2) is 4.24. The van der Waals surface area contributed by atoms with Crippen molar-refractivity contribution in [1.29, 1.82) is 0 Å². The predicted octanol–water partition coefficient (Wildman–Crippen LogP) is 2.31. The van der Waals surface area contributed by atoms with Crippen molar-refractivity contribution in [2.45, 2.75) is 12.5 Å². The van der Waals surface area contributed by atoms with Crippen molar-refractivity contribution in [3.63, 3.8) is 0 Å². The number of nitrogens with two attached hydrogens (primary N) is 1.